The molecule has 0 amide bonds. The number of aromatic nitrogens is 1. The molecule has 0 aromatic carbocycles. The zero-order chi connectivity index (χ0) is 15.3. The van der Waals surface area contributed by atoms with Crippen molar-refractivity contribution in [2.24, 2.45) is 0 Å². The summed E-state index contributed by atoms with van der Waals surface area (Å²) in [5.41, 5.74) is 0.956. The van der Waals surface area contributed by atoms with Crippen LogP contribution in [-0.4, -0.2) is 48.8 Å². The average molecular weight is 303 g/mol. The molecule has 1 N–H and O–H groups in total. The summed E-state index contributed by atoms with van der Waals surface area (Å²) in [5, 5.41) is 3.37. The molecular formula is C14H20F3N3O. The van der Waals surface area contributed by atoms with Crippen molar-refractivity contribution >= 4 is 0 Å². The highest BCUT2D eigenvalue weighted by Gasteiger charge is 2.32. The number of nitrogens with zero attached hydrogens (tertiary/aromatic N) is 2. The van der Waals surface area contributed by atoms with Gasteiger partial charge in [0, 0.05) is 24.3 Å². The summed E-state index contributed by atoms with van der Waals surface area (Å²) >= 11 is 0. The molecule has 0 atom stereocenters. The average Bonchev–Trinajstić information content (AvgIpc) is 2.45. The van der Waals surface area contributed by atoms with E-state index in [4.69, 9.17) is 4.74 Å². The molecule has 1 saturated heterocycles. The Morgan fingerprint density at radius 1 is 1.38 bits per heavy atom. The van der Waals surface area contributed by atoms with Crippen molar-refractivity contribution < 1.29 is 17.9 Å². The summed E-state index contributed by atoms with van der Waals surface area (Å²) in [7, 11) is 1.57. The SMILES string of the molecule is COc1ncccc1CNC1CCN(CC(F)(F)F)CC1. The Kier molecular flexibility index (Phi) is 5.41. The predicted octanol–water partition coefficient (Wildman–Crippen LogP) is 2.21. The molecule has 0 saturated carbocycles. The number of piperidine rings is 1. The van der Waals surface area contributed by atoms with E-state index in [-0.39, 0.29) is 6.04 Å². The third kappa shape index (κ3) is 5.17. The Morgan fingerprint density at radius 2 is 2.10 bits per heavy atom. The third-order valence-corrected chi connectivity index (χ3v) is 3.61. The molecule has 0 spiro atoms. The van der Waals surface area contributed by atoms with Gasteiger partial charge in [-0.25, -0.2) is 4.98 Å². The van der Waals surface area contributed by atoms with Crippen LogP contribution in [0.2, 0.25) is 0 Å². The summed E-state index contributed by atoms with van der Waals surface area (Å²) in [6.07, 6.45) is -1.00. The van der Waals surface area contributed by atoms with E-state index in [1.54, 1.807) is 13.3 Å². The zero-order valence-corrected chi connectivity index (χ0v) is 12.0. The molecule has 1 fully saturated rings. The van der Waals surface area contributed by atoms with Gasteiger partial charge in [-0.05, 0) is 32.0 Å². The van der Waals surface area contributed by atoms with Crippen molar-refractivity contribution in [3.63, 3.8) is 0 Å². The minimum atomic E-state index is -4.11. The maximum atomic E-state index is 12.3. The highest BCUT2D eigenvalue weighted by Crippen LogP contribution is 2.20. The highest BCUT2D eigenvalue weighted by molar-refractivity contribution is 5.25. The van der Waals surface area contributed by atoms with Crippen molar-refractivity contribution in [3.8, 4) is 5.88 Å². The summed E-state index contributed by atoms with van der Waals surface area (Å²) < 4.78 is 42.1. The Labute approximate surface area is 122 Å². The van der Waals surface area contributed by atoms with Crippen LogP contribution in [0.1, 0.15) is 18.4 Å². The largest absolute Gasteiger partial charge is 0.481 e. The van der Waals surface area contributed by atoms with Crippen LogP contribution in [0.25, 0.3) is 0 Å². The summed E-state index contributed by atoms with van der Waals surface area (Å²) in [5.74, 6) is 0.583. The Morgan fingerprint density at radius 3 is 2.71 bits per heavy atom. The molecule has 2 rings (SSSR count). The first kappa shape index (κ1) is 16.0. The second-order valence-electron chi connectivity index (χ2n) is 5.22. The van der Waals surface area contributed by atoms with Crippen LogP contribution in [0.4, 0.5) is 13.2 Å². The fourth-order valence-electron chi connectivity index (χ4n) is 2.55. The van der Waals surface area contributed by atoms with Crippen molar-refractivity contribution in [2.75, 3.05) is 26.7 Å². The minimum Gasteiger partial charge on any atom is -0.481 e. The lowest BCUT2D eigenvalue weighted by atomic mass is 10.0. The molecule has 0 aliphatic carbocycles. The zero-order valence-electron chi connectivity index (χ0n) is 12.0. The molecule has 1 aromatic heterocycles. The Hall–Kier alpha value is -1.34. The molecule has 0 radical (unpaired) electrons. The Bertz CT molecular complexity index is 445. The van der Waals surface area contributed by atoms with Crippen molar-refractivity contribution in [3.05, 3.63) is 23.9 Å². The van der Waals surface area contributed by atoms with Crippen molar-refractivity contribution in [1.82, 2.24) is 15.2 Å². The summed E-state index contributed by atoms with van der Waals surface area (Å²) in [6.45, 7) is 0.750. The van der Waals surface area contributed by atoms with Gasteiger partial charge in [0.2, 0.25) is 5.88 Å². The van der Waals surface area contributed by atoms with E-state index in [0.29, 0.717) is 25.5 Å². The highest BCUT2D eigenvalue weighted by atomic mass is 19.4. The first-order valence-electron chi connectivity index (χ1n) is 6.98. The number of methoxy groups -OCH3 is 1. The van der Waals surface area contributed by atoms with E-state index in [9.17, 15) is 13.2 Å². The number of pyridine rings is 1. The van der Waals surface area contributed by atoms with Crippen LogP contribution in [0.15, 0.2) is 18.3 Å². The lowest BCUT2D eigenvalue weighted by Gasteiger charge is -2.32. The predicted molar refractivity (Wildman–Crippen MR) is 73.1 cm³/mol. The molecule has 0 bridgehead atoms. The first-order valence-corrected chi connectivity index (χ1v) is 6.98. The Balaban J connectivity index is 1.76. The van der Waals surface area contributed by atoms with Gasteiger partial charge < -0.3 is 10.1 Å². The molecule has 118 valence electrons. The quantitative estimate of drug-likeness (QED) is 0.905. The number of nitrogens with one attached hydrogen (secondary N) is 1. The van der Waals surface area contributed by atoms with E-state index in [2.05, 4.69) is 10.3 Å². The van der Waals surface area contributed by atoms with Gasteiger partial charge in [-0.2, -0.15) is 13.2 Å². The number of rotatable bonds is 5. The molecule has 1 aliphatic heterocycles. The molecule has 4 nitrogen and oxygen atoms in total. The van der Waals surface area contributed by atoms with E-state index in [1.807, 2.05) is 12.1 Å². The van der Waals surface area contributed by atoms with Crippen LogP contribution in [0.5, 0.6) is 5.88 Å². The van der Waals surface area contributed by atoms with Gasteiger partial charge in [0.15, 0.2) is 0 Å². The van der Waals surface area contributed by atoms with Crippen LogP contribution in [0, 0.1) is 0 Å². The van der Waals surface area contributed by atoms with E-state index >= 15 is 0 Å². The van der Waals surface area contributed by atoms with Gasteiger partial charge in [0.05, 0.1) is 13.7 Å². The standard InChI is InChI=1S/C14H20F3N3O/c1-21-13-11(3-2-6-18-13)9-19-12-4-7-20(8-5-12)10-14(15,16)17/h2-3,6,12,19H,4-5,7-10H2,1H3. The molecule has 1 aromatic rings. The number of likely N-dealkylation sites (tertiary alicyclic amines) is 1. The normalized spacial score (nSPS) is 17.9. The van der Waals surface area contributed by atoms with Gasteiger partial charge in [-0.15, -0.1) is 0 Å². The van der Waals surface area contributed by atoms with Gasteiger partial charge in [0.1, 0.15) is 0 Å². The molecule has 7 heteroatoms. The lowest BCUT2D eigenvalue weighted by molar-refractivity contribution is -0.148. The lowest BCUT2D eigenvalue weighted by Crippen LogP contribution is -2.45. The van der Waals surface area contributed by atoms with E-state index < -0.39 is 12.7 Å². The third-order valence-electron chi connectivity index (χ3n) is 3.61. The minimum absolute atomic E-state index is 0.236. The number of alkyl halides is 3. The van der Waals surface area contributed by atoms with Crippen molar-refractivity contribution in [1.29, 1.82) is 0 Å². The molecule has 0 unspecified atom stereocenters. The van der Waals surface area contributed by atoms with E-state index in [1.165, 1.54) is 4.90 Å². The number of halogens is 3. The fraction of sp³-hybridized carbons (Fsp3) is 0.643. The molecule has 2 heterocycles. The maximum absolute atomic E-state index is 12.3. The number of hydrogen-bond donors (Lipinski definition) is 1. The summed E-state index contributed by atoms with van der Waals surface area (Å²) in [4.78, 5) is 5.58. The first-order chi connectivity index (χ1) is 9.98. The van der Waals surface area contributed by atoms with Crippen LogP contribution in [-0.2, 0) is 6.54 Å². The number of hydrogen-bond acceptors (Lipinski definition) is 4. The monoisotopic (exact) mass is 303 g/mol. The second kappa shape index (κ2) is 7.09. The second-order valence-corrected chi connectivity index (χ2v) is 5.22. The van der Waals surface area contributed by atoms with Crippen LogP contribution < -0.4 is 10.1 Å². The van der Waals surface area contributed by atoms with Gasteiger partial charge in [-0.3, -0.25) is 4.90 Å². The van der Waals surface area contributed by atoms with Gasteiger partial charge >= 0.3 is 6.18 Å². The van der Waals surface area contributed by atoms with Gasteiger partial charge in [-0.1, -0.05) is 6.07 Å². The van der Waals surface area contributed by atoms with Gasteiger partial charge in [0.25, 0.3) is 0 Å². The molecule has 1 aliphatic rings. The topological polar surface area (TPSA) is 37.4 Å². The maximum Gasteiger partial charge on any atom is 0.401 e. The summed E-state index contributed by atoms with van der Waals surface area (Å²) in [6, 6.07) is 4.00. The molecular weight excluding hydrogens is 283 g/mol. The number of ether oxygens (including phenoxy) is 1. The van der Waals surface area contributed by atoms with Crippen LogP contribution >= 0.6 is 0 Å². The smallest absolute Gasteiger partial charge is 0.401 e. The molecule has 21 heavy (non-hydrogen) atoms. The fourth-order valence-corrected chi connectivity index (χ4v) is 2.55. The van der Waals surface area contributed by atoms with Crippen molar-refractivity contribution in [2.45, 2.75) is 31.6 Å². The van der Waals surface area contributed by atoms with Crippen LogP contribution in [0.3, 0.4) is 0 Å². The van der Waals surface area contributed by atoms with E-state index in [0.717, 1.165) is 18.4 Å².